The number of amides is 1. The van der Waals surface area contributed by atoms with E-state index in [0.717, 1.165) is 27.2 Å². The molecule has 5 nitrogen and oxygen atoms in total. The topological polar surface area (TPSA) is 63.2 Å². The minimum Gasteiger partial charge on any atom is -0.483 e. The molecule has 0 unspecified atom stereocenters. The number of nitrogens with zero attached hydrogens (tertiary/aromatic N) is 1. The average molecular weight is 448 g/mol. The summed E-state index contributed by atoms with van der Waals surface area (Å²) in [4.78, 5) is 16.7. The minimum absolute atomic E-state index is 0.0937. The third-order valence-electron chi connectivity index (χ3n) is 4.65. The molecule has 0 aliphatic heterocycles. The number of carbonyl (C=O) groups is 1. The number of benzene rings is 3. The number of thiazole rings is 1. The van der Waals surface area contributed by atoms with Gasteiger partial charge in [-0.2, -0.15) is 0 Å². The summed E-state index contributed by atoms with van der Waals surface area (Å²) >= 11 is 6.90. The summed E-state index contributed by atoms with van der Waals surface area (Å²) in [7, 11) is 0. The first-order valence-electron chi connectivity index (χ1n) is 9.79. The fourth-order valence-corrected chi connectivity index (χ4v) is 4.17. The zero-order valence-corrected chi connectivity index (χ0v) is 18.6. The Kier molecular flexibility index (Phi) is 6.54. The van der Waals surface area contributed by atoms with Crippen LogP contribution in [0.1, 0.15) is 11.1 Å². The molecule has 0 aliphatic carbocycles. The van der Waals surface area contributed by atoms with Crippen molar-refractivity contribution < 1.29 is 9.53 Å². The molecule has 0 spiro atoms. The number of hydrogen-bond acceptors (Lipinski definition) is 5. The highest BCUT2D eigenvalue weighted by atomic mass is 32.1. The maximum absolute atomic E-state index is 12.1. The quantitative estimate of drug-likeness (QED) is 0.414. The van der Waals surface area contributed by atoms with E-state index in [1.807, 2.05) is 73.7 Å². The van der Waals surface area contributed by atoms with Gasteiger partial charge in [0, 0.05) is 12.1 Å². The van der Waals surface area contributed by atoms with E-state index in [2.05, 4.69) is 21.7 Å². The Balaban J connectivity index is 1.26. The van der Waals surface area contributed by atoms with Gasteiger partial charge in [0.1, 0.15) is 10.8 Å². The molecule has 0 atom stereocenters. The van der Waals surface area contributed by atoms with Crippen LogP contribution in [0.15, 0.2) is 72.8 Å². The van der Waals surface area contributed by atoms with Gasteiger partial charge in [-0.15, -0.1) is 11.3 Å². The largest absolute Gasteiger partial charge is 0.483 e. The molecule has 0 saturated heterocycles. The SMILES string of the molecule is Cc1ccccc1OCC(=O)NC(=S)NCc1ccc(-c2nc3ccccc3s2)cc1. The maximum Gasteiger partial charge on any atom is 0.264 e. The number of aromatic nitrogens is 1. The standard InChI is InChI=1S/C24H21N3O2S2/c1-16-6-2-4-8-20(16)29-15-22(28)27-24(30)25-14-17-10-12-18(13-11-17)23-26-19-7-3-5-9-21(19)31-23/h2-13H,14-15H2,1H3,(H2,25,27,28,30). The van der Waals surface area contributed by atoms with E-state index in [0.29, 0.717) is 12.3 Å². The fourth-order valence-electron chi connectivity index (χ4n) is 3.01. The zero-order chi connectivity index (χ0) is 21.6. The van der Waals surface area contributed by atoms with Crippen LogP contribution in [0.3, 0.4) is 0 Å². The Morgan fingerprint density at radius 1 is 1.03 bits per heavy atom. The van der Waals surface area contributed by atoms with Crippen molar-refractivity contribution in [3.05, 3.63) is 83.9 Å². The number of para-hydroxylation sites is 2. The zero-order valence-electron chi connectivity index (χ0n) is 16.9. The summed E-state index contributed by atoms with van der Waals surface area (Å²) in [5.74, 6) is 0.386. The van der Waals surface area contributed by atoms with E-state index < -0.39 is 0 Å². The molecule has 4 aromatic rings. The summed E-state index contributed by atoms with van der Waals surface area (Å²) in [6.07, 6.45) is 0. The summed E-state index contributed by atoms with van der Waals surface area (Å²) in [6.45, 7) is 2.35. The van der Waals surface area contributed by atoms with Crippen molar-refractivity contribution in [1.29, 1.82) is 0 Å². The number of rotatable bonds is 6. The van der Waals surface area contributed by atoms with Crippen molar-refractivity contribution in [1.82, 2.24) is 15.6 Å². The predicted molar refractivity (Wildman–Crippen MR) is 129 cm³/mol. The van der Waals surface area contributed by atoms with E-state index >= 15 is 0 Å². The first-order chi connectivity index (χ1) is 15.1. The third-order valence-corrected chi connectivity index (χ3v) is 5.99. The van der Waals surface area contributed by atoms with Crippen LogP contribution in [0.5, 0.6) is 5.75 Å². The van der Waals surface area contributed by atoms with Crippen molar-refractivity contribution in [2.45, 2.75) is 13.5 Å². The number of ether oxygens (including phenoxy) is 1. The van der Waals surface area contributed by atoms with Crippen LogP contribution in [0.2, 0.25) is 0 Å². The van der Waals surface area contributed by atoms with E-state index in [1.54, 1.807) is 11.3 Å². The van der Waals surface area contributed by atoms with E-state index in [4.69, 9.17) is 17.0 Å². The number of carbonyl (C=O) groups excluding carboxylic acids is 1. The Bertz CT molecular complexity index is 1190. The number of aryl methyl sites for hydroxylation is 1. The molecule has 0 bridgehead atoms. The third kappa shape index (κ3) is 5.45. The summed E-state index contributed by atoms with van der Waals surface area (Å²) in [6, 6.07) is 23.8. The number of hydrogen-bond donors (Lipinski definition) is 2. The molecule has 1 aromatic heterocycles. The first kappa shape index (κ1) is 21.0. The molecular weight excluding hydrogens is 426 g/mol. The van der Waals surface area contributed by atoms with Gasteiger partial charge in [0.25, 0.3) is 5.91 Å². The van der Waals surface area contributed by atoms with Crippen molar-refractivity contribution in [3.63, 3.8) is 0 Å². The molecule has 156 valence electrons. The van der Waals surface area contributed by atoms with Gasteiger partial charge in [-0.25, -0.2) is 4.98 Å². The second kappa shape index (κ2) is 9.68. The van der Waals surface area contributed by atoms with Gasteiger partial charge in [-0.05, 0) is 48.5 Å². The molecule has 1 heterocycles. The Morgan fingerprint density at radius 2 is 1.77 bits per heavy atom. The number of thiocarbonyl (C=S) groups is 1. The average Bonchev–Trinajstić information content (AvgIpc) is 3.22. The molecule has 0 fully saturated rings. The Morgan fingerprint density at radius 3 is 2.55 bits per heavy atom. The van der Waals surface area contributed by atoms with Gasteiger partial charge in [0.15, 0.2) is 11.7 Å². The van der Waals surface area contributed by atoms with Crippen LogP contribution >= 0.6 is 23.6 Å². The molecule has 0 radical (unpaired) electrons. The Labute approximate surface area is 190 Å². The molecule has 3 aromatic carbocycles. The van der Waals surface area contributed by atoms with Gasteiger partial charge in [0.05, 0.1) is 10.2 Å². The second-order valence-corrected chi connectivity index (χ2v) is 8.41. The lowest BCUT2D eigenvalue weighted by Gasteiger charge is -2.11. The van der Waals surface area contributed by atoms with Crippen molar-refractivity contribution in [2.75, 3.05) is 6.61 Å². The van der Waals surface area contributed by atoms with Crippen LogP contribution < -0.4 is 15.4 Å². The van der Waals surface area contributed by atoms with E-state index in [1.165, 1.54) is 4.70 Å². The second-order valence-electron chi connectivity index (χ2n) is 6.97. The molecule has 4 rings (SSSR count). The monoisotopic (exact) mass is 447 g/mol. The highest BCUT2D eigenvalue weighted by molar-refractivity contribution is 7.80. The molecule has 0 saturated carbocycles. The molecule has 0 aliphatic rings. The molecule has 1 amide bonds. The van der Waals surface area contributed by atoms with Gasteiger partial charge in [0.2, 0.25) is 0 Å². The van der Waals surface area contributed by atoms with Crippen LogP contribution in [-0.4, -0.2) is 22.6 Å². The predicted octanol–water partition coefficient (Wildman–Crippen LogP) is 4.84. The van der Waals surface area contributed by atoms with Crippen LogP contribution in [-0.2, 0) is 11.3 Å². The number of fused-ring (bicyclic) bond motifs is 1. The fraction of sp³-hybridized carbons (Fsp3) is 0.125. The minimum atomic E-state index is -0.299. The highest BCUT2D eigenvalue weighted by Crippen LogP contribution is 2.29. The Hall–Kier alpha value is -3.29. The van der Waals surface area contributed by atoms with Gasteiger partial charge < -0.3 is 15.4 Å². The summed E-state index contributed by atoms with van der Waals surface area (Å²) in [5.41, 5.74) is 4.12. The normalized spacial score (nSPS) is 10.6. The van der Waals surface area contributed by atoms with Crippen molar-refractivity contribution in [3.8, 4) is 16.3 Å². The van der Waals surface area contributed by atoms with Crippen LogP contribution in [0.4, 0.5) is 0 Å². The number of nitrogens with one attached hydrogen (secondary N) is 2. The van der Waals surface area contributed by atoms with Gasteiger partial charge >= 0.3 is 0 Å². The summed E-state index contributed by atoms with van der Waals surface area (Å²) in [5, 5.41) is 6.96. The molecule has 2 N–H and O–H groups in total. The lowest BCUT2D eigenvalue weighted by Crippen LogP contribution is -2.41. The maximum atomic E-state index is 12.1. The highest BCUT2D eigenvalue weighted by Gasteiger charge is 2.08. The van der Waals surface area contributed by atoms with Gasteiger partial charge in [-0.1, -0.05) is 54.6 Å². The lowest BCUT2D eigenvalue weighted by molar-refractivity contribution is -0.121. The first-order valence-corrected chi connectivity index (χ1v) is 11.0. The molecule has 7 heteroatoms. The van der Waals surface area contributed by atoms with Gasteiger partial charge in [-0.3, -0.25) is 4.79 Å². The lowest BCUT2D eigenvalue weighted by atomic mass is 10.1. The van der Waals surface area contributed by atoms with Crippen LogP contribution in [0, 0.1) is 6.92 Å². The molecular formula is C24H21N3O2S2. The van der Waals surface area contributed by atoms with Crippen molar-refractivity contribution >= 4 is 44.8 Å². The van der Waals surface area contributed by atoms with E-state index in [-0.39, 0.29) is 17.6 Å². The summed E-state index contributed by atoms with van der Waals surface area (Å²) < 4.78 is 6.71. The van der Waals surface area contributed by atoms with E-state index in [9.17, 15) is 4.79 Å². The smallest absolute Gasteiger partial charge is 0.264 e. The van der Waals surface area contributed by atoms with Crippen LogP contribution in [0.25, 0.3) is 20.8 Å². The molecule has 31 heavy (non-hydrogen) atoms. The van der Waals surface area contributed by atoms with Crippen molar-refractivity contribution in [2.24, 2.45) is 0 Å².